The number of nitrogens with zero attached hydrogens (tertiary/aromatic N) is 1. The van der Waals surface area contributed by atoms with Gasteiger partial charge in [0, 0.05) is 19.6 Å². The van der Waals surface area contributed by atoms with Gasteiger partial charge in [-0.25, -0.2) is 8.42 Å². The van der Waals surface area contributed by atoms with Gasteiger partial charge in [0.25, 0.3) is 0 Å². The zero-order valence-corrected chi connectivity index (χ0v) is 18.0. The van der Waals surface area contributed by atoms with Crippen LogP contribution in [0.1, 0.15) is 66.2 Å². The first-order valence-corrected chi connectivity index (χ1v) is 10.9. The summed E-state index contributed by atoms with van der Waals surface area (Å²) >= 11 is 0. The Bertz CT molecular complexity index is 502. The first-order valence-electron chi connectivity index (χ1n) is 9.32. The van der Waals surface area contributed by atoms with E-state index in [2.05, 4.69) is 13.8 Å². The average Bonchev–Trinajstić information content (AvgIpc) is 2.52. The van der Waals surface area contributed by atoms with Crippen LogP contribution in [0.4, 0.5) is 0 Å². The Kier molecular flexibility index (Phi) is 10.6. The molecule has 0 heterocycles. The summed E-state index contributed by atoms with van der Waals surface area (Å²) < 4.78 is 26.1. The Labute approximate surface area is 160 Å². The summed E-state index contributed by atoms with van der Waals surface area (Å²) in [7, 11) is -1.75. The van der Waals surface area contributed by atoms with Crippen molar-refractivity contribution in [3.05, 3.63) is 0 Å². The number of amides is 1. The fourth-order valence-corrected chi connectivity index (χ4v) is 6.03. The van der Waals surface area contributed by atoms with Gasteiger partial charge >= 0.3 is 0 Å². The maximum atomic E-state index is 13.0. The molecule has 1 fully saturated rings. The molecule has 0 saturated heterocycles. The van der Waals surface area contributed by atoms with E-state index in [-0.39, 0.29) is 35.5 Å². The predicted molar refractivity (Wildman–Crippen MR) is 107 cm³/mol. The summed E-state index contributed by atoms with van der Waals surface area (Å²) in [6.07, 6.45) is 5.07. The average molecular weight is 397 g/mol. The van der Waals surface area contributed by atoms with E-state index < -0.39 is 15.1 Å². The van der Waals surface area contributed by atoms with Gasteiger partial charge in [0.05, 0.1) is 5.25 Å². The maximum absolute atomic E-state index is 13.0. The van der Waals surface area contributed by atoms with Crippen molar-refractivity contribution in [3.8, 4) is 0 Å². The quantitative estimate of drug-likeness (QED) is 0.683. The van der Waals surface area contributed by atoms with Crippen LogP contribution < -0.4 is 5.73 Å². The molecule has 150 valence electrons. The van der Waals surface area contributed by atoms with Gasteiger partial charge in [-0.3, -0.25) is 4.79 Å². The molecular weight excluding hydrogens is 360 g/mol. The minimum atomic E-state index is -3.44. The number of carbonyl (C=O) groups is 1. The number of nitrogens with two attached hydrogens (primary N) is 1. The largest absolute Gasteiger partial charge is 0.345 e. The molecule has 1 rings (SSSR count). The molecule has 0 radical (unpaired) electrons. The fraction of sp³-hybridized carbons (Fsp3) is 0.944. The third-order valence-corrected chi connectivity index (χ3v) is 8.10. The lowest BCUT2D eigenvalue weighted by Gasteiger charge is -2.31. The summed E-state index contributed by atoms with van der Waals surface area (Å²) in [6.45, 7) is 8.27. The topological polar surface area (TPSA) is 80.5 Å². The molecule has 5 nitrogen and oxygen atoms in total. The molecule has 0 aromatic rings. The first kappa shape index (κ1) is 24.7. The van der Waals surface area contributed by atoms with E-state index in [4.69, 9.17) is 5.73 Å². The molecule has 0 spiro atoms. The van der Waals surface area contributed by atoms with Crippen LogP contribution in [0.25, 0.3) is 0 Å². The van der Waals surface area contributed by atoms with Crippen LogP contribution in [0.2, 0.25) is 0 Å². The smallest absolute Gasteiger partial charge is 0.240 e. The summed E-state index contributed by atoms with van der Waals surface area (Å²) in [4.78, 5) is 14.4. The molecule has 0 bridgehead atoms. The lowest BCUT2D eigenvalue weighted by atomic mass is 10.0. The molecule has 2 atom stereocenters. The van der Waals surface area contributed by atoms with E-state index in [1.54, 1.807) is 11.9 Å². The SMILES string of the molecule is CC(C)C(N)CCN(C)C(=O)C(C(C)C)S(=O)(=O)C1CCCCC1.Cl. The zero-order chi connectivity index (χ0) is 18.5. The van der Waals surface area contributed by atoms with Gasteiger partial charge in [-0.2, -0.15) is 0 Å². The third-order valence-electron chi connectivity index (χ3n) is 5.25. The second kappa shape index (κ2) is 10.7. The van der Waals surface area contributed by atoms with Gasteiger partial charge < -0.3 is 10.6 Å². The second-order valence-electron chi connectivity index (χ2n) is 7.97. The Morgan fingerprint density at radius 1 is 1.08 bits per heavy atom. The van der Waals surface area contributed by atoms with Gasteiger partial charge in [0.1, 0.15) is 5.25 Å². The number of sulfone groups is 1. The Morgan fingerprint density at radius 2 is 1.60 bits per heavy atom. The Balaban J connectivity index is 0.00000576. The standard InChI is InChI=1S/C18H36N2O3S.ClH/c1-13(2)16(19)11-12-20(5)18(21)17(14(3)4)24(22,23)15-9-7-6-8-10-15;/h13-17H,6-12,19H2,1-5H3;1H. The number of hydrogen-bond acceptors (Lipinski definition) is 4. The highest BCUT2D eigenvalue weighted by Gasteiger charge is 2.42. The van der Waals surface area contributed by atoms with Crippen LogP contribution in [-0.2, 0) is 14.6 Å². The molecule has 2 N–H and O–H groups in total. The molecular formula is C18H37ClN2O3S. The highest BCUT2D eigenvalue weighted by molar-refractivity contribution is 7.93. The minimum Gasteiger partial charge on any atom is -0.345 e. The van der Waals surface area contributed by atoms with Crippen molar-refractivity contribution in [3.63, 3.8) is 0 Å². The highest BCUT2D eigenvalue weighted by Crippen LogP contribution is 2.29. The van der Waals surface area contributed by atoms with E-state index >= 15 is 0 Å². The molecule has 25 heavy (non-hydrogen) atoms. The van der Waals surface area contributed by atoms with Crippen LogP contribution in [-0.4, -0.2) is 49.4 Å². The highest BCUT2D eigenvalue weighted by atomic mass is 35.5. The summed E-state index contributed by atoms with van der Waals surface area (Å²) in [5, 5.41) is -1.28. The van der Waals surface area contributed by atoms with Gasteiger partial charge in [-0.15, -0.1) is 12.4 Å². The lowest BCUT2D eigenvalue weighted by Crippen LogP contribution is -2.48. The van der Waals surface area contributed by atoms with E-state index in [0.29, 0.717) is 31.7 Å². The monoisotopic (exact) mass is 396 g/mol. The normalized spacial score (nSPS) is 18.7. The van der Waals surface area contributed by atoms with Crippen LogP contribution in [0.3, 0.4) is 0 Å². The van der Waals surface area contributed by atoms with Gasteiger partial charge in [0.2, 0.25) is 5.91 Å². The maximum Gasteiger partial charge on any atom is 0.240 e. The van der Waals surface area contributed by atoms with Crippen molar-refractivity contribution in [2.24, 2.45) is 17.6 Å². The zero-order valence-electron chi connectivity index (χ0n) is 16.4. The molecule has 0 aliphatic heterocycles. The molecule has 1 aliphatic rings. The van der Waals surface area contributed by atoms with Gasteiger partial charge in [-0.1, -0.05) is 47.0 Å². The Hall–Kier alpha value is -0.330. The third kappa shape index (κ3) is 6.72. The van der Waals surface area contributed by atoms with Crippen molar-refractivity contribution in [2.45, 2.75) is 82.8 Å². The fourth-order valence-electron chi connectivity index (χ4n) is 3.41. The van der Waals surface area contributed by atoms with Gasteiger partial charge in [-0.05, 0) is 31.1 Å². The predicted octanol–water partition coefficient (Wildman–Crippen LogP) is 3.01. The summed E-state index contributed by atoms with van der Waals surface area (Å²) in [6, 6.07) is 0.0210. The minimum absolute atomic E-state index is 0. The van der Waals surface area contributed by atoms with Gasteiger partial charge in [0.15, 0.2) is 9.84 Å². The van der Waals surface area contributed by atoms with Crippen LogP contribution in [0, 0.1) is 11.8 Å². The number of rotatable bonds is 8. The summed E-state index contributed by atoms with van der Waals surface area (Å²) in [5.74, 6) is -0.141. The molecule has 7 heteroatoms. The van der Waals surface area contributed by atoms with E-state index in [0.717, 1.165) is 19.3 Å². The number of halogens is 1. The molecule has 2 unspecified atom stereocenters. The lowest BCUT2D eigenvalue weighted by molar-refractivity contribution is -0.130. The van der Waals surface area contributed by atoms with Crippen molar-refractivity contribution >= 4 is 28.2 Å². The second-order valence-corrected chi connectivity index (χ2v) is 10.3. The number of carbonyl (C=O) groups excluding carboxylic acids is 1. The first-order chi connectivity index (χ1) is 11.1. The molecule has 1 aliphatic carbocycles. The van der Waals surface area contributed by atoms with Crippen molar-refractivity contribution < 1.29 is 13.2 Å². The van der Waals surface area contributed by atoms with E-state index in [9.17, 15) is 13.2 Å². The van der Waals surface area contributed by atoms with E-state index in [1.807, 2.05) is 13.8 Å². The summed E-state index contributed by atoms with van der Waals surface area (Å²) in [5.41, 5.74) is 6.05. The van der Waals surface area contributed by atoms with Crippen molar-refractivity contribution in [1.29, 1.82) is 0 Å². The number of hydrogen-bond donors (Lipinski definition) is 1. The van der Waals surface area contributed by atoms with Crippen LogP contribution in [0.15, 0.2) is 0 Å². The van der Waals surface area contributed by atoms with Crippen LogP contribution >= 0.6 is 12.4 Å². The molecule has 0 aromatic heterocycles. The van der Waals surface area contributed by atoms with Crippen LogP contribution in [0.5, 0.6) is 0 Å². The molecule has 1 saturated carbocycles. The molecule has 0 aromatic carbocycles. The van der Waals surface area contributed by atoms with E-state index in [1.165, 1.54) is 0 Å². The van der Waals surface area contributed by atoms with Crippen molar-refractivity contribution in [1.82, 2.24) is 4.90 Å². The Morgan fingerprint density at radius 3 is 2.04 bits per heavy atom. The van der Waals surface area contributed by atoms with Crippen molar-refractivity contribution in [2.75, 3.05) is 13.6 Å². The molecule has 1 amide bonds.